The number of allylic oxidation sites excluding steroid dienone is 3. The van der Waals surface area contributed by atoms with Gasteiger partial charge in [-0.05, 0) is 83.9 Å². The largest absolute Gasteiger partial charge is 0.456 e. The number of benzene rings is 7. The highest BCUT2D eigenvalue weighted by Crippen LogP contribution is 2.39. The van der Waals surface area contributed by atoms with Gasteiger partial charge in [0.2, 0.25) is 0 Å². The van der Waals surface area contributed by atoms with Crippen LogP contribution in [0.15, 0.2) is 181 Å². The van der Waals surface area contributed by atoms with Crippen LogP contribution in [0.2, 0.25) is 0 Å². The molecule has 0 aliphatic carbocycles. The quantitative estimate of drug-likeness (QED) is 0.141. The summed E-state index contributed by atoms with van der Waals surface area (Å²) < 4.78 is 11.1. The Bertz CT molecular complexity index is 3020. The van der Waals surface area contributed by atoms with Gasteiger partial charge in [-0.25, -0.2) is 0 Å². The van der Waals surface area contributed by atoms with Gasteiger partial charge in [0.15, 0.2) is 0 Å². The van der Waals surface area contributed by atoms with E-state index in [9.17, 15) is 0 Å². The Balaban J connectivity index is 1.16. The molecule has 51 heavy (non-hydrogen) atoms. The minimum Gasteiger partial charge on any atom is -0.456 e. The summed E-state index contributed by atoms with van der Waals surface area (Å²) in [5.41, 5.74) is 12.0. The fourth-order valence-corrected chi connectivity index (χ4v) is 7.87. The van der Waals surface area contributed by atoms with Gasteiger partial charge in [-0.3, -0.25) is 0 Å². The third kappa shape index (κ3) is 4.43. The number of rotatable bonds is 6. The van der Waals surface area contributed by atoms with Crippen LogP contribution < -0.4 is 0 Å². The van der Waals surface area contributed by atoms with Gasteiger partial charge in [0.05, 0.1) is 27.8 Å². The van der Waals surface area contributed by atoms with Crippen LogP contribution in [-0.2, 0) is 0 Å². The Morgan fingerprint density at radius 2 is 1.02 bits per heavy atom. The highest BCUT2D eigenvalue weighted by Gasteiger charge is 2.18. The summed E-state index contributed by atoms with van der Waals surface area (Å²) in [7, 11) is 0. The third-order valence-electron chi connectivity index (χ3n) is 10.1. The second-order valence-corrected chi connectivity index (χ2v) is 13.0. The molecule has 1 N–H and O–H groups in total. The van der Waals surface area contributed by atoms with E-state index in [1.165, 1.54) is 27.2 Å². The van der Waals surface area contributed by atoms with Crippen LogP contribution in [0.3, 0.4) is 0 Å². The molecule has 7 aromatic carbocycles. The van der Waals surface area contributed by atoms with Crippen LogP contribution in [0.5, 0.6) is 0 Å². The normalized spacial score (nSPS) is 12.0. The second-order valence-electron chi connectivity index (χ2n) is 13.0. The number of nitrogens with zero attached hydrogens (tertiary/aromatic N) is 2. The van der Waals surface area contributed by atoms with Gasteiger partial charge in [-0.15, -0.1) is 0 Å². The Labute approximate surface area is 293 Å². The smallest absolute Gasteiger partial charge is 0.135 e. The standard InChI is InChI=1S/C47H31N3O/c1-2-3-17-41(48)34-13-5-4-12-33(34)30-21-24-45-38(27-30)37-16-8-11-20-44(37)50(45)32-23-26-47-40(29-32)39-28-31(22-25-46(39)51-47)49-42-18-9-6-14-35(42)36-15-7-10-19-43(36)49/h2-29,48H,1H2/b17-3-,48-41?. The molecule has 0 amide bonds. The summed E-state index contributed by atoms with van der Waals surface area (Å²) in [6, 6.07) is 53.6. The molecule has 0 fully saturated rings. The number of aromatic nitrogens is 2. The van der Waals surface area contributed by atoms with Crippen molar-refractivity contribution in [1.29, 1.82) is 5.41 Å². The van der Waals surface area contributed by atoms with Gasteiger partial charge in [0.1, 0.15) is 11.2 Å². The van der Waals surface area contributed by atoms with Crippen molar-refractivity contribution in [2.75, 3.05) is 0 Å². The maximum atomic E-state index is 8.72. The molecule has 0 saturated heterocycles. The van der Waals surface area contributed by atoms with Crippen molar-refractivity contribution in [1.82, 2.24) is 9.13 Å². The van der Waals surface area contributed by atoms with E-state index in [4.69, 9.17) is 9.83 Å². The fourth-order valence-electron chi connectivity index (χ4n) is 7.87. The molecule has 10 aromatic rings. The number of fused-ring (bicyclic) bond motifs is 9. The Morgan fingerprint density at radius 1 is 0.510 bits per heavy atom. The van der Waals surface area contributed by atoms with Crippen molar-refractivity contribution in [2.24, 2.45) is 0 Å². The van der Waals surface area contributed by atoms with Crippen molar-refractivity contribution in [3.8, 4) is 22.5 Å². The number of para-hydroxylation sites is 3. The summed E-state index contributed by atoms with van der Waals surface area (Å²) in [6.07, 6.45) is 5.30. The van der Waals surface area contributed by atoms with Crippen molar-refractivity contribution in [3.63, 3.8) is 0 Å². The van der Waals surface area contributed by atoms with Gasteiger partial charge in [0.25, 0.3) is 0 Å². The Morgan fingerprint density at radius 3 is 1.61 bits per heavy atom. The zero-order valence-electron chi connectivity index (χ0n) is 27.7. The molecule has 0 unspecified atom stereocenters. The molecule has 240 valence electrons. The molecule has 0 bridgehead atoms. The van der Waals surface area contributed by atoms with E-state index >= 15 is 0 Å². The molecule has 0 atom stereocenters. The lowest BCUT2D eigenvalue weighted by Gasteiger charge is -2.11. The lowest BCUT2D eigenvalue weighted by molar-refractivity contribution is 0.669. The summed E-state index contributed by atoms with van der Waals surface area (Å²) >= 11 is 0. The highest BCUT2D eigenvalue weighted by molar-refractivity contribution is 6.14. The number of nitrogens with one attached hydrogen (secondary N) is 1. The van der Waals surface area contributed by atoms with E-state index in [1.54, 1.807) is 18.2 Å². The number of furan rings is 1. The van der Waals surface area contributed by atoms with Crippen LogP contribution >= 0.6 is 0 Å². The topological polar surface area (TPSA) is 46.9 Å². The average molecular weight is 654 g/mol. The van der Waals surface area contributed by atoms with Crippen molar-refractivity contribution < 1.29 is 4.42 Å². The average Bonchev–Trinajstić information content (AvgIpc) is 3.83. The first kappa shape index (κ1) is 29.0. The van der Waals surface area contributed by atoms with E-state index in [2.05, 4.69) is 149 Å². The van der Waals surface area contributed by atoms with Crippen LogP contribution in [0.4, 0.5) is 0 Å². The maximum absolute atomic E-state index is 8.72. The Hall–Kier alpha value is -6.91. The monoisotopic (exact) mass is 653 g/mol. The van der Waals surface area contributed by atoms with E-state index in [-0.39, 0.29) is 0 Å². The molecular formula is C47H31N3O. The van der Waals surface area contributed by atoms with Crippen molar-refractivity contribution >= 4 is 71.3 Å². The van der Waals surface area contributed by atoms with Crippen molar-refractivity contribution in [2.45, 2.75) is 0 Å². The fraction of sp³-hybridized carbons (Fsp3) is 0. The minimum absolute atomic E-state index is 0.454. The first-order chi connectivity index (χ1) is 25.2. The predicted octanol–water partition coefficient (Wildman–Crippen LogP) is 12.6. The van der Waals surface area contributed by atoms with Gasteiger partial charge < -0.3 is 19.0 Å². The number of hydrogen-bond acceptors (Lipinski definition) is 2. The summed E-state index contributed by atoms with van der Waals surface area (Å²) in [6.45, 7) is 3.77. The van der Waals surface area contributed by atoms with Gasteiger partial charge in [0, 0.05) is 49.3 Å². The van der Waals surface area contributed by atoms with E-state index in [0.717, 1.165) is 66.4 Å². The molecule has 4 nitrogen and oxygen atoms in total. The zero-order valence-corrected chi connectivity index (χ0v) is 27.7. The van der Waals surface area contributed by atoms with E-state index in [1.807, 2.05) is 18.2 Å². The SMILES string of the molecule is C=C/C=C\C(=N)c1ccccc1-c1ccc2c(c1)c1ccccc1n2-c1ccc2oc3ccc(-n4c5ccccc5c5ccccc54)cc3c2c1. The first-order valence-electron chi connectivity index (χ1n) is 17.1. The van der Waals surface area contributed by atoms with Crippen molar-refractivity contribution in [3.05, 3.63) is 182 Å². The summed E-state index contributed by atoms with van der Waals surface area (Å²) in [4.78, 5) is 0. The molecule has 0 saturated carbocycles. The second kappa shape index (κ2) is 11.3. The first-order valence-corrected chi connectivity index (χ1v) is 17.1. The summed E-state index contributed by atoms with van der Waals surface area (Å²) in [5.74, 6) is 0. The molecule has 0 spiro atoms. The van der Waals surface area contributed by atoms with E-state index in [0.29, 0.717) is 5.71 Å². The molecule has 0 aliphatic rings. The van der Waals surface area contributed by atoms with Crippen LogP contribution in [0.1, 0.15) is 5.56 Å². The molecular weight excluding hydrogens is 623 g/mol. The van der Waals surface area contributed by atoms with E-state index < -0.39 is 0 Å². The van der Waals surface area contributed by atoms with Gasteiger partial charge in [-0.1, -0.05) is 104 Å². The molecule has 3 aromatic heterocycles. The van der Waals surface area contributed by atoms with Gasteiger partial charge >= 0.3 is 0 Å². The molecule has 0 aliphatic heterocycles. The lowest BCUT2D eigenvalue weighted by Crippen LogP contribution is -1.98. The molecule has 4 heteroatoms. The lowest BCUT2D eigenvalue weighted by atomic mass is 9.95. The van der Waals surface area contributed by atoms with Crippen LogP contribution in [0.25, 0.3) is 88.1 Å². The zero-order chi connectivity index (χ0) is 34.1. The maximum Gasteiger partial charge on any atom is 0.135 e. The predicted molar refractivity (Wildman–Crippen MR) is 214 cm³/mol. The van der Waals surface area contributed by atoms with Crippen LogP contribution in [0, 0.1) is 5.41 Å². The van der Waals surface area contributed by atoms with Crippen LogP contribution in [-0.4, -0.2) is 14.8 Å². The molecule has 10 rings (SSSR count). The Kier molecular flexibility index (Phi) is 6.45. The molecule has 0 radical (unpaired) electrons. The highest BCUT2D eigenvalue weighted by atomic mass is 16.3. The minimum atomic E-state index is 0.454. The van der Waals surface area contributed by atoms with Gasteiger partial charge in [-0.2, -0.15) is 0 Å². The summed E-state index contributed by atoms with van der Waals surface area (Å²) in [5, 5.41) is 15.7. The molecule has 3 heterocycles. The number of hydrogen-bond donors (Lipinski definition) is 1. The third-order valence-corrected chi connectivity index (χ3v) is 10.1.